The molecular formula is C16H17FIN. The van der Waals surface area contributed by atoms with Crippen LogP contribution in [0.15, 0.2) is 36.4 Å². The number of hydrogen-bond donors (Lipinski definition) is 1. The lowest BCUT2D eigenvalue weighted by Crippen LogP contribution is -2.19. The van der Waals surface area contributed by atoms with Crippen molar-refractivity contribution in [2.45, 2.75) is 19.9 Å². The summed E-state index contributed by atoms with van der Waals surface area (Å²) in [5.41, 5.74) is 4.06. The minimum Gasteiger partial charge on any atom is -0.309 e. The minimum absolute atomic E-state index is 0.0156. The van der Waals surface area contributed by atoms with Crippen molar-refractivity contribution in [3.63, 3.8) is 0 Å². The van der Waals surface area contributed by atoms with Crippen molar-refractivity contribution < 1.29 is 4.39 Å². The molecule has 0 radical (unpaired) electrons. The third-order valence-corrected chi connectivity index (χ3v) is 4.82. The molecule has 1 nitrogen and oxygen atoms in total. The first-order valence-corrected chi connectivity index (χ1v) is 7.30. The van der Waals surface area contributed by atoms with Crippen LogP contribution >= 0.6 is 22.6 Å². The molecule has 0 heterocycles. The van der Waals surface area contributed by atoms with Gasteiger partial charge in [0.15, 0.2) is 0 Å². The fourth-order valence-corrected chi connectivity index (χ4v) is 2.85. The van der Waals surface area contributed by atoms with Crippen LogP contribution in [-0.2, 0) is 0 Å². The monoisotopic (exact) mass is 369 g/mol. The summed E-state index contributed by atoms with van der Waals surface area (Å²) in [6.07, 6.45) is 0. The number of nitrogens with one attached hydrogen (secondary N) is 1. The summed E-state index contributed by atoms with van der Waals surface area (Å²) < 4.78 is 15.0. The lowest BCUT2D eigenvalue weighted by molar-refractivity contribution is 0.608. The van der Waals surface area contributed by atoms with Gasteiger partial charge in [-0.2, -0.15) is 0 Å². The van der Waals surface area contributed by atoms with Gasteiger partial charge >= 0.3 is 0 Å². The molecule has 1 atom stereocenters. The van der Waals surface area contributed by atoms with E-state index in [1.54, 1.807) is 13.0 Å². The van der Waals surface area contributed by atoms with E-state index in [-0.39, 0.29) is 11.9 Å². The van der Waals surface area contributed by atoms with Gasteiger partial charge in [-0.3, -0.25) is 0 Å². The third-order valence-electron chi connectivity index (χ3n) is 3.35. The Balaban J connectivity index is 2.50. The Morgan fingerprint density at radius 3 is 2.47 bits per heavy atom. The van der Waals surface area contributed by atoms with Gasteiger partial charge in [0, 0.05) is 3.57 Å². The van der Waals surface area contributed by atoms with E-state index in [2.05, 4.69) is 47.0 Å². The van der Waals surface area contributed by atoms with Gasteiger partial charge in [0.2, 0.25) is 0 Å². The van der Waals surface area contributed by atoms with E-state index in [4.69, 9.17) is 0 Å². The van der Waals surface area contributed by atoms with Crippen molar-refractivity contribution in [2.24, 2.45) is 0 Å². The summed E-state index contributed by atoms with van der Waals surface area (Å²) in [5.74, 6) is -0.152. The first kappa shape index (κ1) is 14.5. The van der Waals surface area contributed by atoms with Crippen molar-refractivity contribution in [1.29, 1.82) is 0 Å². The van der Waals surface area contributed by atoms with Crippen molar-refractivity contribution in [3.8, 4) is 0 Å². The number of hydrogen-bond acceptors (Lipinski definition) is 1. The molecule has 0 saturated heterocycles. The first-order valence-electron chi connectivity index (χ1n) is 6.23. The Morgan fingerprint density at radius 2 is 1.84 bits per heavy atom. The van der Waals surface area contributed by atoms with E-state index in [0.29, 0.717) is 5.56 Å². The fourth-order valence-electron chi connectivity index (χ4n) is 2.18. The zero-order valence-electron chi connectivity index (χ0n) is 11.3. The maximum absolute atomic E-state index is 13.7. The van der Waals surface area contributed by atoms with E-state index in [1.165, 1.54) is 14.7 Å². The van der Waals surface area contributed by atoms with Crippen LogP contribution in [0.3, 0.4) is 0 Å². The molecule has 2 aromatic rings. The highest BCUT2D eigenvalue weighted by Crippen LogP contribution is 2.28. The molecule has 0 fully saturated rings. The van der Waals surface area contributed by atoms with E-state index in [0.717, 1.165) is 5.56 Å². The van der Waals surface area contributed by atoms with E-state index in [9.17, 15) is 4.39 Å². The van der Waals surface area contributed by atoms with Crippen LogP contribution in [0.5, 0.6) is 0 Å². The van der Waals surface area contributed by atoms with Crippen LogP contribution in [0.1, 0.15) is 28.3 Å². The molecule has 0 saturated carbocycles. The van der Waals surface area contributed by atoms with E-state index < -0.39 is 0 Å². The number of benzene rings is 2. The topological polar surface area (TPSA) is 12.0 Å². The van der Waals surface area contributed by atoms with Gasteiger partial charge in [0.1, 0.15) is 5.82 Å². The molecule has 3 heteroatoms. The maximum atomic E-state index is 13.7. The summed E-state index contributed by atoms with van der Waals surface area (Å²) in [4.78, 5) is 0. The molecule has 0 aliphatic heterocycles. The molecule has 0 amide bonds. The largest absolute Gasteiger partial charge is 0.309 e. The van der Waals surface area contributed by atoms with Gasteiger partial charge in [-0.1, -0.05) is 30.3 Å². The van der Waals surface area contributed by atoms with Gasteiger partial charge in [-0.05, 0) is 71.8 Å². The summed E-state index contributed by atoms with van der Waals surface area (Å²) in [5, 5.41) is 3.28. The Bertz CT molecular complexity index is 595. The predicted molar refractivity (Wildman–Crippen MR) is 85.9 cm³/mol. The molecule has 19 heavy (non-hydrogen) atoms. The van der Waals surface area contributed by atoms with Crippen molar-refractivity contribution in [3.05, 3.63) is 68.0 Å². The zero-order valence-corrected chi connectivity index (χ0v) is 13.5. The quantitative estimate of drug-likeness (QED) is 0.793. The van der Waals surface area contributed by atoms with Crippen LogP contribution in [0, 0.1) is 23.2 Å². The molecule has 2 rings (SSSR count). The Morgan fingerprint density at radius 1 is 1.11 bits per heavy atom. The Labute approximate surface area is 127 Å². The highest BCUT2D eigenvalue weighted by Gasteiger charge is 2.16. The van der Waals surface area contributed by atoms with Crippen molar-refractivity contribution in [2.75, 3.05) is 7.05 Å². The second kappa shape index (κ2) is 6.01. The smallest absolute Gasteiger partial charge is 0.126 e. The summed E-state index contributed by atoms with van der Waals surface area (Å²) >= 11 is 2.35. The second-order valence-electron chi connectivity index (χ2n) is 4.71. The highest BCUT2D eigenvalue weighted by atomic mass is 127. The molecular weight excluding hydrogens is 352 g/mol. The van der Waals surface area contributed by atoms with Gasteiger partial charge in [-0.25, -0.2) is 4.39 Å². The highest BCUT2D eigenvalue weighted by molar-refractivity contribution is 14.1. The Kier molecular flexibility index (Phi) is 4.58. The fraction of sp³-hybridized carbons (Fsp3) is 0.250. The van der Waals surface area contributed by atoms with Crippen molar-refractivity contribution >= 4 is 22.6 Å². The van der Waals surface area contributed by atoms with Gasteiger partial charge < -0.3 is 5.32 Å². The molecule has 0 bridgehead atoms. The van der Waals surface area contributed by atoms with Crippen LogP contribution in [0.2, 0.25) is 0 Å². The summed E-state index contributed by atoms with van der Waals surface area (Å²) in [6, 6.07) is 11.7. The van der Waals surface area contributed by atoms with E-state index >= 15 is 0 Å². The van der Waals surface area contributed by atoms with E-state index in [1.807, 2.05) is 25.2 Å². The lowest BCUT2D eigenvalue weighted by Gasteiger charge is -2.20. The molecule has 0 aliphatic carbocycles. The summed E-state index contributed by atoms with van der Waals surface area (Å²) in [6.45, 7) is 3.87. The van der Waals surface area contributed by atoms with Crippen LogP contribution in [0.4, 0.5) is 4.39 Å². The third kappa shape index (κ3) is 2.98. The zero-order chi connectivity index (χ0) is 14.0. The molecule has 0 spiro atoms. The lowest BCUT2D eigenvalue weighted by atomic mass is 9.96. The van der Waals surface area contributed by atoms with Gasteiger partial charge in [-0.15, -0.1) is 0 Å². The normalized spacial score (nSPS) is 12.5. The van der Waals surface area contributed by atoms with Crippen LogP contribution in [0.25, 0.3) is 0 Å². The summed E-state index contributed by atoms with van der Waals surface area (Å²) in [7, 11) is 1.90. The van der Waals surface area contributed by atoms with Gasteiger partial charge in [0.05, 0.1) is 6.04 Å². The molecule has 1 N–H and O–H groups in total. The average Bonchev–Trinajstić information content (AvgIpc) is 2.39. The molecule has 0 aromatic heterocycles. The van der Waals surface area contributed by atoms with Crippen molar-refractivity contribution in [1.82, 2.24) is 5.32 Å². The van der Waals surface area contributed by atoms with Crippen LogP contribution in [-0.4, -0.2) is 7.05 Å². The minimum atomic E-state index is -0.152. The van der Waals surface area contributed by atoms with Crippen LogP contribution < -0.4 is 5.32 Å². The standard InChI is InChI=1S/C16H17FIN/c1-10-7-8-12(9-14(10)17)16(19-3)13-6-4-5-11(2)15(13)18/h4-9,16,19H,1-3H3. The van der Waals surface area contributed by atoms with Gasteiger partial charge in [0.25, 0.3) is 0 Å². The molecule has 100 valence electrons. The average molecular weight is 369 g/mol. The SMILES string of the molecule is CNC(c1ccc(C)c(F)c1)c1cccc(C)c1I. The number of rotatable bonds is 3. The first-order chi connectivity index (χ1) is 9.04. The number of aryl methyl sites for hydroxylation is 2. The molecule has 1 unspecified atom stereocenters. The Hall–Kier alpha value is -0.940. The number of halogens is 2. The predicted octanol–water partition coefficient (Wildman–Crippen LogP) is 4.36. The molecule has 0 aliphatic rings. The second-order valence-corrected chi connectivity index (χ2v) is 5.79. The molecule has 2 aromatic carbocycles. The maximum Gasteiger partial charge on any atom is 0.126 e.